The van der Waals surface area contributed by atoms with E-state index in [1.807, 2.05) is 24.3 Å². The molecule has 3 nitrogen and oxygen atoms in total. The Morgan fingerprint density at radius 1 is 1.24 bits per heavy atom. The van der Waals surface area contributed by atoms with Gasteiger partial charge in [-0.2, -0.15) is 0 Å². The van der Waals surface area contributed by atoms with E-state index >= 15 is 0 Å². The Bertz CT molecular complexity index is 396. The molecule has 0 amide bonds. The van der Waals surface area contributed by atoms with Gasteiger partial charge in [-0.1, -0.05) is 24.3 Å². The highest BCUT2D eigenvalue weighted by atomic mass is 16.7. The average Bonchev–Trinajstić information content (AvgIpc) is 2.53. The summed E-state index contributed by atoms with van der Waals surface area (Å²) in [6, 6.07) is 7.83. The van der Waals surface area contributed by atoms with Crippen LogP contribution in [0.15, 0.2) is 24.3 Å². The zero-order valence-corrected chi connectivity index (χ0v) is 10.3. The van der Waals surface area contributed by atoms with Gasteiger partial charge in [0.15, 0.2) is 12.1 Å². The molecule has 2 rings (SSSR count). The number of carbonyl (C=O) groups is 1. The summed E-state index contributed by atoms with van der Waals surface area (Å²) < 4.78 is 10.5. The maximum atomic E-state index is 12.4. The SMILES string of the molecule is COC(OC)C1CCCc2ccccc2C1=O. The van der Waals surface area contributed by atoms with E-state index < -0.39 is 6.29 Å². The van der Waals surface area contributed by atoms with Gasteiger partial charge in [-0.05, 0) is 24.8 Å². The van der Waals surface area contributed by atoms with Gasteiger partial charge < -0.3 is 9.47 Å². The van der Waals surface area contributed by atoms with Gasteiger partial charge in [-0.25, -0.2) is 0 Å². The smallest absolute Gasteiger partial charge is 0.171 e. The highest BCUT2D eigenvalue weighted by molar-refractivity contribution is 5.99. The molecule has 1 aromatic rings. The molecule has 0 saturated heterocycles. The summed E-state index contributed by atoms with van der Waals surface area (Å²) in [5.74, 6) is -0.0412. The monoisotopic (exact) mass is 234 g/mol. The second-order valence-electron chi connectivity index (χ2n) is 4.36. The van der Waals surface area contributed by atoms with Crippen LogP contribution in [0.2, 0.25) is 0 Å². The summed E-state index contributed by atoms with van der Waals surface area (Å²) in [6.07, 6.45) is 2.34. The highest BCUT2D eigenvalue weighted by Gasteiger charge is 2.31. The van der Waals surface area contributed by atoms with Crippen molar-refractivity contribution < 1.29 is 14.3 Å². The van der Waals surface area contributed by atoms with E-state index in [0.29, 0.717) is 0 Å². The largest absolute Gasteiger partial charge is 0.355 e. The summed E-state index contributed by atoms with van der Waals surface area (Å²) in [5.41, 5.74) is 1.97. The number of aryl methyl sites for hydroxylation is 1. The lowest BCUT2D eigenvalue weighted by atomic mass is 9.94. The minimum atomic E-state index is -0.436. The number of Topliss-reactive ketones (excluding diaryl/α,β-unsaturated/α-hetero) is 1. The first-order chi connectivity index (χ1) is 8.27. The molecular weight excluding hydrogens is 216 g/mol. The number of rotatable bonds is 3. The van der Waals surface area contributed by atoms with E-state index in [0.717, 1.165) is 30.4 Å². The molecule has 0 bridgehead atoms. The Balaban J connectivity index is 2.31. The molecule has 0 fully saturated rings. The van der Waals surface area contributed by atoms with Gasteiger partial charge in [-0.15, -0.1) is 0 Å². The third-order valence-electron chi connectivity index (χ3n) is 3.37. The molecule has 0 aromatic heterocycles. The van der Waals surface area contributed by atoms with Gasteiger partial charge in [0.1, 0.15) is 0 Å². The molecule has 1 aliphatic rings. The van der Waals surface area contributed by atoms with Crippen LogP contribution >= 0.6 is 0 Å². The fourth-order valence-electron chi connectivity index (χ4n) is 2.51. The number of ether oxygens (including phenoxy) is 2. The molecule has 0 radical (unpaired) electrons. The van der Waals surface area contributed by atoms with Crippen LogP contribution in [0.4, 0.5) is 0 Å². The number of fused-ring (bicyclic) bond motifs is 1. The summed E-state index contributed by atoms with van der Waals surface area (Å²) >= 11 is 0. The molecule has 92 valence electrons. The van der Waals surface area contributed by atoms with E-state index in [-0.39, 0.29) is 11.7 Å². The van der Waals surface area contributed by atoms with Crippen LogP contribution in [-0.4, -0.2) is 26.3 Å². The van der Waals surface area contributed by atoms with Crippen LogP contribution in [0.25, 0.3) is 0 Å². The Morgan fingerprint density at radius 2 is 1.94 bits per heavy atom. The normalized spacial score (nSPS) is 20.2. The average molecular weight is 234 g/mol. The van der Waals surface area contributed by atoms with Crippen LogP contribution in [-0.2, 0) is 15.9 Å². The molecule has 17 heavy (non-hydrogen) atoms. The van der Waals surface area contributed by atoms with E-state index in [4.69, 9.17) is 9.47 Å². The minimum Gasteiger partial charge on any atom is -0.355 e. The van der Waals surface area contributed by atoms with E-state index in [1.54, 1.807) is 14.2 Å². The van der Waals surface area contributed by atoms with Crippen molar-refractivity contribution in [1.82, 2.24) is 0 Å². The van der Waals surface area contributed by atoms with E-state index in [9.17, 15) is 4.79 Å². The fourth-order valence-corrected chi connectivity index (χ4v) is 2.51. The maximum Gasteiger partial charge on any atom is 0.171 e. The van der Waals surface area contributed by atoms with Crippen molar-refractivity contribution in [3.05, 3.63) is 35.4 Å². The lowest BCUT2D eigenvalue weighted by Gasteiger charge is -2.22. The van der Waals surface area contributed by atoms with Crippen molar-refractivity contribution >= 4 is 5.78 Å². The predicted molar refractivity (Wildman–Crippen MR) is 65.0 cm³/mol. The van der Waals surface area contributed by atoms with Crippen molar-refractivity contribution in [2.24, 2.45) is 5.92 Å². The van der Waals surface area contributed by atoms with E-state index in [2.05, 4.69) is 0 Å². The molecule has 1 unspecified atom stereocenters. The molecular formula is C14H18O3. The van der Waals surface area contributed by atoms with Gasteiger partial charge in [0.05, 0.1) is 5.92 Å². The van der Waals surface area contributed by atoms with Crippen molar-refractivity contribution in [3.63, 3.8) is 0 Å². The number of hydrogen-bond donors (Lipinski definition) is 0. The molecule has 0 saturated carbocycles. The lowest BCUT2D eigenvalue weighted by molar-refractivity contribution is -0.128. The van der Waals surface area contributed by atoms with Crippen LogP contribution in [0, 0.1) is 5.92 Å². The number of ketones is 1. The fraction of sp³-hybridized carbons (Fsp3) is 0.500. The van der Waals surface area contributed by atoms with Crippen LogP contribution in [0.3, 0.4) is 0 Å². The third-order valence-corrected chi connectivity index (χ3v) is 3.37. The first kappa shape index (κ1) is 12.3. The Labute approximate surface area is 102 Å². The number of carbonyl (C=O) groups excluding carboxylic acids is 1. The molecule has 1 aromatic carbocycles. The summed E-state index contributed by atoms with van der Waals surface area (Å²) in [6.45, 7) is 0. The number of methoxy groups -OCH3 is 2. The Kier molecular flexibility index (Phi) is 3.92. The zero-order chi connectivity index (χ0) is 12.3. The molecule has 1 aliphatic carbocycles. The van der Waals surface area contributed by atoms with Gasteiger partial charge in [-0.3, -0.25) is 4.79 Å². The first-order valence-electron chi connectivity index (χ1n) is 5.95. The molecule has 0 heterocycles. The van der Waals surface area contributed by atoms with Crippen molar-refractivity contribution in [2.45, 2.75) is 25.6 Å². The number of hydrogen-bond acceptors (Lipinski definition) is 3. The lowest BCUT2D eigenvalue weighted by Crippen LogP contribution is -2.31. The standard InChI is InChI=1S/C14H18O3/c1-16-14(17-2)12-9-5-7-10-6-3-4-8-11(10)13(12)15/h3-4,6,8,12,14H,5,7,9H2,1-2H3. The second-order valence-corrected chi connectivity index (χ2v) is 4.36. The number of benzene rings is 1. The van der Waals surface area contributed by atoms with Crippen molar-refractivity contribution in [2.75, 3.05) is 14.2 Å². The Morgan fingerprint density at radius 3 is 2.65 bits per heavy atom. The summed E-state index contributed by atoms with van der Waals surface area (Å²) in [7, 11) is 3.16. The minimum absolute atomic E-state index is 0.145. The first-order valence-corrected chi connectivity index (χ1v) is 5.95. The van der Waals surface area contributed by atoms with Crippen molar-refractivity contribution in [1.29, 1.82) is 0 Å². The van der Waals surface area contributed by atoms with Crippen LogP contribution in [0.5, 0.6) is 0 Å². The molecule has 0 aliphatic heterocycles. The quantitative estimate of drug-likeness (QED) is 0.595. The predicted octanol–water partition coefficient (Wildman–Crippen LogP) is 2.44. The Hall–Kier alpha value is -1.19. The summed E-state index contributed by atoms with van der Waals surface area (Å²) in [5, 5.41) is 0. The topological polar surface area (TPSA) is 35.5 Å². The third kappa shape index (κ3) is 2.40. The molecule has 0 N–H and O–H groups in total. The van der Waals surface area contributed by atoms with Crippen molar-refractivity contribution in [3.8, 4) is 0 Å². The molecule has 3 heteroatoms. The molecule has 1 atom stereocenters. The van der Waals surface area contributed by atoms with Gasteiger partial charge in [0.2, 0.25) is 0 Å². The molecule has 0 spiro atoms. The van der Waals surface area contributed by atoms with E-state index in [1.165, 1.54) is 0 Å². The highest BCUT2D eigenvalue weighted by Crippen LogP contribution is 2.27. The van der Waals surface area contributed by atoms with Crippen LogP contribution in [0.1, 0.15) is 28.8 Å². The second kappa shape index (κ2) is 5.43. The van der Waals surface area contributed by atoms with Gasteiger partial charge in [0, 0.05) is 19.8 Å². The summed E-state index contributed by atoms with van der Waals surface area (Å²) in [4.78, 5) is 12.4. The van der Waals surface area contributed by atoms with Gasteiger partial charge in [0.25, 0.3) is 0 Å². The van der Waals surface area contributed by atoms with Crippen LogP contribution < -0.4 is 0 Å². The van der Waals surface area contributed by atoms with Gasteiger partial charge >= 0.3 is 0 Å². The zero-order valence-electron chi connectivity index (χ0n) is 10.3. The maximum absolute atomic E-state index is 12.4.